The highest BCUT2D eigenvalue weighted by Gasteiger charge is 2.28. The molecule has 2 aromatic rings. The van der Waals surface area contributed by atoms with Gasteiger partial charge in [0.05, 0.1) is 6.20 Å². The number of piperidine rings is 2. The smallest absolute Gasteiger partial charge is 0.256 e. The van der Waals surface area contributed by atoms with Crippen LogP contribution in [0.4, 0.5) is 0 Å². The van der Waals surface area contributed by atoms with Crippen LogP contribution in [0.5, 0.6) is 0 Å². The van der Waals surface area contributed by atoms with Crippen LogP contribution < -0.4 is 5.32 Å². The molecule has 25 heavy (non-hydrogen) atoms. The highest BCUT2D eigenvalue weighted by Crippen LogP contribution is 2.21. The van der Waals surface area contributed by atoms with Crippen molar-refractivity contribution in [1.82, 2.24) is 29.7 Å². The van der Waals surface area contributed by atoms with Crippen LogP contribution in [-0.2, 0) is 0 Å². The molecule has 2 aliphatic heterocycles. The van der Waals surface area contributed by atoms with Gasteiger partial charge in [-0.3, -0.25) is 4.79 Å². The van der Waals surface area contributed by atoms with Crippen LogP contribution in [0.1, 0.15) is 36.0 Å². The van der Waals surface area contributed by atoms with Crippen LogP contribution in [-0.4, -0.2) is 75.6 Å². The van der Waals surface area contributed by atoms with E-state index in [4.69, 9.17) is 0 Å². The third kappa shape index (κ3) is 3.52. The van der Waals surface area contributed by atoms with Crippen molar-refractivity contribution < 1.29 is 4.79 Å². The molecule has 0 unspecified atom stereocenters. The molecule has 1 amide bonds. The average Bonchev–Trinajstić information content (AvgIpc) is 3.07. The number of fused-ring (bicyclic) bond motifs is 1. The van der Waals surface area contributed by atoms with Gasteiger partial charge in [-0.25, -0.2) is 9.50 Å². The zero-order chi connectivity index (χ0) is 17.2. The van der Waals surface area contributed by atoms with Crippen LogP contribution in [0, 0.1) is 0 Å². The molecule has 134 valence electrons. The zero-order valence-electron chi connectivity index (χ0n) is 14.8. The molecule has 0 bridgehead atoms. The molecule has 2 saturated heterocycles. The van der Waals surface area contributed by atoms with Gasteiger partial charge in [-0.1, -0.05) is 0 Å². The van der Waals surface area contributed by atoms with Gasteiger partial charge < -0.3 is 15.1 Å². The van der Waals surface area contributed by atoms with Crippen LogP contribution in [0.25, 0.3) is 5.65 Å². The number of carbonyl (C=O) groups is 1. The molecular formula is C18H26N6O. The monoisotopic (exact) mass is 342 g/mol. The Bertz CT molecular complexity index is 728. The van der Waals surface area contributed by atoms with Gasteiger partial charge in [0.25, 0.3) is 5.91 Å². The van der Waals surface area contributed by atoms with Gasteiger partial charge in [0.1, 0.15) is 5.56 Å². The van der Waals surface area contributed by atoms with Gasteiger partial charge in [0.15, 0.2) is 5.65 Å². The lowest BCUT2D eigenvalue weighted by Gasteiger charge is -2.41. The molecule has 4 rings (SSSR count). The maximum absolute atomic E-state index is 12.6. The van der Waals surface area contributed by atoms with E-state index in [0.29, 0.717) is 11.2 Å². The summed E-state index contributed by atoms with van der Waals surface area (Å²) in [7, 11) is 2.20. The number of hydrogen-bond donors (Lipinski definition) is 1. The molecule has 7 heteroatoms. The van der Waals surface area contributed by atoms with Crippen molar-refractivity contribution in [2.75, 3.05) is 33.2 Å². The Hall–Kier alpha value is -1.99. The van der Waals surface area contributed by atoms with Crippen molar-refractivity contribution in [2.45, 2.75) is 37.8 Å². The van der Waals surface area contributed by atoms with Crippen molar-refractivity contribution in [3.05, 3.63) is 30.2 Å². The van der Waals surface area contributed by atoms with Crippen LogP contribution in [0.15, 0.2) is 24.7 Å². The molecule has 0 spiro atoms. The van der Waals surface area contributed by atoms with Crippen molar-refractivity contribution in [3.63, 3.8) is 0 Å². The average molecular weight is 342 g/mol. The molecule has 0 atom stereocenters. The summed E-state index contributed by atoms with van der Waals surface area (Å²) >= 11 is 0. The summed E-state index contributed by atoms with van der Waals surface area (Å²) in [6.45, 7) is 4.55. The van der Waals surface area contributed by atoms with Crippen molar-refractivity contribution in [1.29, 1.82) is 0 Å². The van der Waals surface area contributed by atoms with E-state index in [-0.39, 0.29) is 11.9 Å². The molecular weight excluding hydrogens is 316 g/mol. The molecule has 2 aromatic heterocycles. The Kier molecular flexibility index (Phi) is 4.67. The lowest BCUT2D eigenvalue weighted by molar-refractivity contribution is 0.0808. The molecule has 7 nitrogen and oxygen atoms in total. The number of hydrogen-bond acceptors (Lipinski definition) is 5. The number of carbonyl (C=O) groups excluding carboxylic acids is 1. The Morgan fingerprint density at radius 3 is 2.68 bits per heavy atom. The quantitative estimate of drug-likeness (QED) is 0.902. The summed E-state index contributed by atoms with van der Waals surface area (Å²) < 4.78 is 1.64. The van der Waals surface area contributed by atoms with E-state index in [1.807, 2.05) is 0 Å². The number of amides is 1. The molecule has 2 fully saturated rings. The van der Waals surface area contributed by atoms with Crippen molar-refractivity contribution in [3.8, 4) is 0 Å². The van der Waals surface area contributed by atoms with Gasteiger partial charge in [-0.2, -0.15) is 5.10 Å². The second-order valence-corrected chi connectivity index (χ2v) is 7.26. The van der Waals surface area contributed by atoms with E-state index in [1.54, 1.807) is 29.2 Å². The van der Waals surface area contributed by atoms with Gasteiger partial charge in [0.2, 0.25) is 0 Å². The number of nitrogens with zero attached hydrogens (tertiary/aromatic N) is 5. The fourth-order valence-electron chi connectivity index (χ4n) is 4.02. The largest absolute Gasteiger partial charge is 0.349 e. The van der Waals surface area contributed by atoms with Crippen molar-refractivity contribution in [2.24, 2.45) is 0 Å². The van der Waals surface area contributed by atoms with Crippen LogP contribution >= 0.6 is 0 Å². The Morgan fingerprint density at radius 1 is 1.16 bits per heavy atom. The highest BCUT2D eigenvalue weighted by atomic mass is 16.1. The minimum absolute atomic E-state index is 0.0635. The first kappa shape index (κ1) is 16.5. The summed E-state index contributed by atoms with van der Waals surface area (Å²) in [6.07, 6.45) is 9.66. The molecule has 0 radical (unpaired) electrons. The zero-order valence-corrected chi connectivity index (χ0v) is 14.8. The molecule has 0 saturated carbocycles. The topological polar surface area (TPSA) is 65.8 Å². The van der Waals surface area contributed by atoms with Crippen LogP contribution in [0.3, 0.4) is 0 Å². The Balaban J connectivity index is 1.32. The van der Waals surface area contributed by atoms with Gasteiger partial charge in [0, 0.05) is 37.6 Å². The normalized spacial score (nSPS) is 21.6. The fraction of sp³-hybridized carbons (Fsp3) is 0.611. The molecule has 1 N–H and O–H groups in total. The van der Waals surface area contributed by atoms with Crippen molar-refractivity contribution >= 4 is 11.6 Å². The summed E-state index contributed by atoms with van der Waals surface area (Å²) in [5, 5.41) is 7.37. The van der Waals surface area contributed by atoms with Gasteiger partial charge in [-0.15, -0.1) is 0 Å². The maximum atomic E-state index is 12.6. The summed E-state index contributed by atoms with van der Waals surface area (Å²) in [6, 6.07) is 2.77. The first-order valence-corrected chi connectivity index (χ1v) is 9.22. The predicted molar refractivity (Wildman–Crippen MR) is 95.6 cm³/mol. The summed E-state index contributed by atoms with van der Waals surface area (Å²) in [4.78, 5) is 21.9. The Morgan fingerprint density at radius 2 is 1.92 bits per heavy atom. The van der Waals surface area contributed by atoms with E-state index in [0.717, 1.165) is 32.0 Å². The standard InChI is InChI=1S/C18H26N6O/c1-22-9-5-15(6-10-22)23-11-3-14(4-12-23)21-18(25)16-13-20-24-8-2-7-19-17(16)24/h2,7-8,13-15H,3-6,9-12H2,1H3,(H,21,25). The first-order valence-electron chi connectivity index (χ1n) is 9.22. The van der Waals surface area contributed by atoms with E-state index in [1.165, 1.54) is 25.9 Å². The summed E-state index contributed by atoms with van der Waals surface area (Å²) in [5.41, 5.74) is 1.17. The first-order chi connectivity index (χ1) is 12.2. The number of nitrogens with one attached hydrogen (secondary N) is 1. The van der Waals surface area contributed by atoms with E-state index in [9.17, 15) is 4.79 Å². The Labute approximate surface area is 148 Å². The number of rotatable bonds is 3. The molecule has 0 aromatic carbocycles. The van der Waals surface area contributed by atoms with Gasteiger partial charge in [-0.05, 0) is 51.9 Å². The fourth-order valence-corrected chi connectivity index (χ4v) is 4.02. The number of aromatic nitrogens is 3. The maximum Gasteiger partial charge on any atom is 0.256 e. The molecule has 0 aliphatic carbocycles. The molecule has 4 heterocycles. The lowest BCUT2D eigenvalue weighted by Crippen LogP contribution is -2.50. The SMILES string of the molecule is CN1CCC(N2CCC(NC(=O)c3cnn4cccnc34)CC2)CC1. The van der Waals surface area contributed by atoms with E-state index in [2.05, 4.69) is 32.2 Å². The minimum Gasteiger partial charge on any atom is -0.349 e. The summed E-state index contributed by atoms with van der Waals surface area (Å²) in [5.74, 6) is -0.0635. The highest BCUT2D eigenvalue weighted by molar-refractivity contribution is 5.99. The van der Waals surface area contributed by atoms with Gasteiger partial charge >= 0.3 is 0 Å². The van der Waals surface area contributed by atoms with Crippen LogP contribution in [0.2, 0.25) is 0 Å². The lowest BCUT2D eigenvalue weighted by atomic mass is 9.98. The number of likely N-dealkylation sites (tertiary alicyclic amines) is 2. The van der Waals surface area contributed by atoms with E-state index >= 15 is 0 Å². The predicted octanol–water partition coefficient (Wildman–Crippen LogP) is 1.02. The second-order valence-electron chi connectivity index (χ2n) is 7.26. The third-order valence-corrected chi connectivity index (χ3v) is 5.59. The second kappa shape index (κ2) is 7.09. The molecule has 2 aliphatic rings. The third-order valence-electron chi connectivity index (χ3n) is 5.59. The minimum atomic E-state index is -0.0635. The van der Waals surface area contributed by atoms with E-state index < -0.39 is 0 Å².